The summed E-state index contributed by atoms with van der Waals surface area (Å²) in [5.74, 6) is 0.801. The molecule has 1 atom stereocenters. The second kappa shape index (κ2) is 12.0. The highest BCUT2D eigenvalue weighted by Crippen LogP contribution is 2.28. The highest BCUT2D eigenvalue weighted by atomic mass is 14.2. The van der Waals surface area contributed by atoms with Gasteiger partial charge >= 0.3 is 0 Å². The number of rotatable bonds is 12. The van der Waals surface area contributed by atoms with Crippen molar-refractivity contribution in [3.8, 4) is 0 Å². The largest absolute Gasteiger partial charge is 0.0654 e. The molecule has 0 saturated heterocycles. The molecule has 0 radical (unpaired) electrons. The molecule has 20 heavy (non-hydrogen) atoms. The van der Waals surface area contributed by atoms with Crippen molar-refractivity contribution < 1.29 is 0 Å². The Hall–Kier alpha value is -0.780. The Labute approximate surface area is 127 Å². The summed E-state index contributed by atoms with van der Waals surface area (Å²) in [6.45, 7) is 4.59. The van der Waals surface area contributed by atoms with Crippen LogP contribution in [0.25, 0.3) is 0 Å². The lowest BCUT2D eigenvalue weighted by Crippen LogP contribution is -1.99. The predicted molar refractivity (Wildman–Crippen MR) is 91.3 cm³/mol. The van der Waals surface area contributed by atoms with Gasteiger partial charge in [0.2, 0.25) is 0 Å². The molecule has 114 valence electrons. The van der Waals surface area contributed by atoms with Gasteiger partial charge in [0.1, 0.15) is 0 Å². The smallest absolute Gasteiger partial charge is 0.0162 e. The first kappa shape index (κ1) is 17.3. The maximum Gasteiger partial charge on any atom is -0.0162 e. The molecule has 0 aliphatic carbocycles. The Kier molecular flexibility index (Phi) is 10.4. The van der Waals surface area contributed by atoms with Crippen molar-refractivity contribution >= 4 is 0 Å². The van der Waals surface area contributed by atoms with E-state index >= 15 is 0 Å². The lowest BCUT2D eigenvalue weighted by atomic mass is 9.88. The topological polar surface area (TPSA) is 0 Å². The summed E-state index contributed by atoms with van der Waals surface area (Å²) in [6, 6.07) is 11.2. The van der Waals surface area contributed by atoms with E-state index in [-0.39, 0.29) is 0 Å². The van der Waals surface area contributed by atoms with Crippen LogP contribution >= 0.6 is 0 Å². The van der Waals surface area contributed by atoms with Crippen LogP contribution in [0.4, 0.5) is 0 Å². The molecular weight excluding hydrogens is 240 g/mol. The normalized spacial score (nSPS) is 12.5. The van der Waals surface area contributed by atoms with Crippen molar-refractivity contribution in [2.24, 2.45) is 0 Å². The van der Waals surface area contributed by atoms with Gasteiger partial charge in [0, 0.05) is 0 Å². The zero-order valence-corrected chi connectivity index (χ0v) is 13.7. The van der Waals surface area contributed by atoms with Crippen molar-refractivity contribution in [3.05, 3.63) is 35.9 Å². The molecule has 1 rings (SSSR count). The Morgan fingerprint density at radius 1 is 0.650 bits per heavy atom. The lowest BCUT2D eigenvalue weighted by molar-refractivity contribution is 0.493. The molecule has 1 aromatic carbocycles. The fourth-order valence-electron chi connectivity index (χ4n) is 3.01. The molecule has 0 aliphatic rings. The summed E-state index contributed by atoms with van der Waals surface area (Å²) >= 11 is 0. The third kappa shape index (κ3) is 7.72. The summed E-state index contributed by atoms with van der Waals surface area (Å²) in [4.78, 5) is 0. The fraction of sp³-hybridized carbons (Fsp3) is 0.700. The molecule has 0 amide bonds. The van der Waals surface area contributed by atoms with Crippen LogP contribution in [-0.4, -0.2) is 0 Å². The van der Waals surface area contributed by atoms with E-state index in [1.54, 1.807) is 5.56 Å². The van der Waals surface area contributed by atoms with Gasteiger partial charge in [-0.15, -0.1) is 0 Å². The Bertz CT molecular complexity index is 301. The minimum Gasteiger partial charge on any atom is -0.0654 e. The number of unbranched alkanes of at least 4 members (excludes halogenated alkanes) is 7. The van der Waals surface area contributed by atoms with Gasteiger partial charge in [-0.1, -0.05) is 102 Å². The lowest BCUT2D eigenvalue weighted by Gasteiger charge is -2.17. The van der Waals surface area contributed by atoms with Crippen LogP contribution in [0.15, 0.2) is 30.3 Å². The summed E-state index contributed by atoms with van der Waals surface area (Å²) in [7, 11) is 0. The third-order valence-electron chi connectivity index (χ3n) is 4.33. The maximum atomic E-state index is 2.33. The van der Waals surface area contributed by atoms with Gasteiger partial charge in [-0.2, -0.15) is 0 Å². The summed E-state index contributed by atoms with van der Waals surface area (Å²) in [6.07, 6.45) is 15.3. The molecule has 0 bridgehead atoms. The molecule has 0 heterocycles. The zero-order chi connectivity index (χ0) is 14.5. The number of benzene rings is 1. The van der Waals surface area contributed by atoms with Gasteiger partial charge in [-0.25, -0.2) is 0 Å². The van der Waals surface area contributed by atoms with E-state index < -0.39 is 0 Å². The van der Waals surface area contributed by atoms with Crippen molar-refractivity contribution in [3.63, 3.8) is 0 Å². The van der Waals surface area contributed by atoms with Gasteiger partial charge in [-0.3, -0.25) is 0 Å². The second-order valence-corrected chi connectivity index (χ2v) is 6.16. The number of hydrogen-bond donors (Lipinski definition) is 0. The van der Waals surface area contributed by atoms with E-state index in [4.69, 9.17) is 0 Å². The monoisotopic (exact) mass is 274 g/mol. The average molecular weight is 274 g/mol. The van der Waals surface area contributed by atoms with Crippen LogP contribution in [-0.2, 0) is 0 Å². The zero-order valence-electron chi connectivity index (χ0n) is 13.7. The first-order chi connectivity index (χ1) is 9.88. The minimum absolute atomic E-state index is 0.801. The highest BCUT2D eigenvalue weighted by Gasteiger charge is 2.10. The quantitative estimate of drug-likeness (QED) is 0.356. The van der Waals surface area contributed by atoms with E-state index in [1.165, 1.54) is 70.6 Å². The molecule has 0 fully saturated rings. The van der Waals surface area contributed by atoms with Crippen molar-refractivity contribution in [2.45, 2.75) is 90.4 Å². The van der Waals surface area contributed by atoms with E-state index in [9.17, 15) is 0 Å². The molecule has 0 N–H and O–H groups in total. The van der Waals surface area contributed by atoms with Crippen molar-refractivity contribution in [1.29, 1.82) is 0 Å². The van der Waals surface area contributed by atoms with Gasteiger partial charge in [0.15, 0.2) is 0 Å². The third-order valence-corrected chi connectivity index (χ3v) is 4.33. The number of hydrogen-bond acceptors (Lipinski definition) is 0. The first-order valence-electron chi connectivity index (χ1n) is 8.93. The highest BCUT2D eigenvalue weighted by molar-refractivity contribution is 5.19. The van der Waals surface area contributed by atoms with E-state index in [0.717, 1.165) is 5.92 Å². The Morgan fingerprint density at radius 3 is 1.70 bits per heavy atom. The molecule has 0 nitrogen and oxygen atoms in total. The van der Waals surface area contributed by atoms with Crippen LogP contribution in [0, 0.1) is 0 Å². The van der Waals surface area contributed by atoms with Crippen molar-refractivity contribution in [2.75, 3.05) is 0 Å². The predicted octanol–water partition coefficient (Wildman–Crippen LogP) is 7.10. The maximum absolute atomic E-state index is 2.33. The van der Waals surface area contributed by atoms with Gasteiger partial charge < -0.3 is 0 Å². The summed E-state index contributed by atoms with van der Waals surface area (Å²) < 4.78 is 0. The molecule has 0 saturated carbocycles. The second-order valence-electron chi connectivity index (χ2n) is 6.16. The fourth-order valence-corrected chi connectivity index (χ4v) is 3.01. The standard InChI is InChI=1S/C20H34/c1-3-5-7-9-12-16-19(15-11-8-6-4-2)20-17-13-10-14-18-20/h10,13-14,17-19H,3-9,11-12,15-16H2,1-2H3. The SMILES string of the molecule is CCCCCCCC(CCCCCC)c1ccccc1. The molecule has 1 unspecified atom stereocenters. The minimum atomic E-state index is 0.801. The van der Waals surface area contributed by atoms with Crippen LogP contribution < -0.4 is 0 Å². The summed E-state index contributed by atoms with van der Waals surface area (Å²) in [5.41, 5.74) is 1.57. The summed E-state index contributed by atoms with van der Waals surface area (Å²) in [5, 5.41) is 0. The molecule has 0 heteroatoms. The van der Waals surface area contributed by atoms with Crippen molar-refractivity contribution in [1.82, 2.24) is 0 Å². The molecular formula is C20H34. The van der Waals surface area contributed by atoms with Crippen LogP contribution in [0.1, 0.15) is 96.0 Å². The van der Waals surface area contributed by atoms with E-state index in [0.29, 0.717) is 0 Å². The Morgan fingerprint density at radius 2 is 1.15 bits per heavy atom. The molecule has 0 aliphatic heterocycles. The Balaban J connectivity index is 2.35. The van der Waals surface area contributed by atoms with E-state index in [2.05, 4.69) is 44.2 Å². The van der Waals surface area contributed by atoms with Gasteiger partial charge in [0.05, 0.1) is 0 Å². The van der Waals surface area contributed by atoms with Gasteiger partial charge in [-0.05, 0) is 24.3 Å². The molecule has 0 aromatic heterocycles. The molecule has 1 aromatic rings. The first-order valence-corrected chi connectivity index (χ1v) is 8.93. The van der Waals surface area contributed by atoms with Crippen LogP contribution in [0.5, 0.6) is 0 Å². The average Bonchev–Trinajstić information content (AvgIpc) is 2.50. The molecule has 0 spiro atoms. The van der Waals surface area contributed by atoms with Crippen LogP contribution in [0.3, 0.4) is 0 Å². The van der Waals surface area contributed by atoms with E-state index in [1.807, 2.05) is 0 Å². The van der Waals surface area contributed by atoms with Gasteiger partial charge in [0.25, 0.3) is 0 Å². The van der Waals surface area contributed by atoms with Crippen LogP contribution in [0.2, 0.25) is 0 Å².